The molecular weight excluding hydrogens is 152 g/mol. The Hall–Kier alpha value is -1.57. The van der Waals surface area contributed by atoms with E-state index in [-0.39, 0.29) is 0 Å². The molecule has 1 aromatic rings. The molecule has 0 saturated carbocycles. The molecule has 0 aromatic heterocycles. The number of hydrogen-bond acceptors (Lipinski definition) is 2. The van der Waals surface area contributed by atoms with Gasteiger partial charge in [-0.2, -0.15) is 0 Å². The summed E-state index contributed by atoms with van der Waals surface area (Å²) in [5, 5.41) is 10.5. The maximum atomic E-state index is 10.5. The molecule has 62 valence electrons. The van der Waals surface area contributed by atoms with Crippen LogP contribution >= 0.6 is 0 Å². The molecule has 0 heterocycles. The summed E-state index contributed by atoms with van der Waals surface area (Å²) in [6, 6.07) is 8.88. The number of carboxylic acids is 1. The summed E-state index contributed by atoms with van der Waals surface area (Å²) in [6.07, 6.45) is 1.37. The van der Waals surface area contributed by atoms with E-state index in [1.807, 2.05) is 6.07 Å². The fourth-order valence-corrected chi connectivity index (χ4v) is 1.03. The third-order valence-corrected chi connectivity index (χ3v) is 1.65. The molecule has 0 saturated heterocycles. The van der Waals surface area contributed by atoms with Crippen molar-refractivity contribution in [3.05, 3.63) is 48.6 Å². The van der Waals surface area contributed by atoms with Crippen molar-refractivity contribution in [3.63, 3.8) is 0 Å². The molecule has 0 aliphatic rings. The monoisotopic (exact) mass is 161 g/mol. The van der Waals surface area contributed by atoms with Gasteiger partial charge in [-0.05, 0) is 5.56 Å². The summed E-state index contributed by atoms with van der Waals surface area (Å²) in [7, 11) is 0. The van der Waals surface area contributed by atoms with Crippen LogP contribution in [0.5, 0.6) is 0 Å². The zero-order chi connectivity index (χ0) is 8.97. The van der Waals surface area contributed by atoms with E-state index in [9.17, 15) is 9.90 Å². The summed E-state index contributed by atoms with van der Waals surface area (Å²) in [5.74, 6) is -1.82. The van der Waals surface area contributed by atoms with Crippen molar-refractivity contribution in [2.45, 2.75) is 5.92 Å². The predicted octanol–water partition coefficient (Wildman–Crippen LogP) is 0.706. The molecule has 0 fully saturated rings. The lowest BCUT2D eigenvalue weighted by Gasteiger charge is -2.12. The quantitative estimate of drug-likeness (QED) is 0.612. The van der Waals surface area contributed by atoms with E-state index in [2.05, 4.69) is 6.58 Å². The highest BCUT2D eigenvalue weighted by atomic mass is 16.4. The van der Waals surface area contributed by atoms with Gasteiger partial charge in [0.1, 0.15) is 0 Å². The Morgan fingerprint density at radius 3 is 2.42 bits per heavy atom. The van der Waals surface area contributed by atoms with Gasteiger partial charge in [0.15, 0.2) is 0 Å². The van der Waals surface area contributed by atoms with Gasteiger partial charge in [0.2, 0.25) is 0 Å². The third-order valence-electron chi connectivity index (χ3n) is 1.65. The highest BCUT2D eigenvalue weighted by Crippen LogP contribution is 2.14. The Labute approximate surface area is 71.2 Å². The van der Waals surface area contributed by atoms with Crippen molar-refractivity contribution in [1.29, 1.82) is 0 Å². The van der Waals surface area contributed by atoms with Crippen LogP contribution in [0.2, 0.25) is 0 Å². The molecule has 0 bridgehead atoms. The van der Waals surface area contributed by atoms with Crippen LogP contribution in [-0.4, -0.2) is 5.97 Å². The molecule has 1 atom stereocenters. The molecule has 1 aromatic carbocycles. The first-order valence-corrected chi connectivity index (χ1v) is 3.64. The normalized spacial score (nSPS) is 12.0. The molecule has 0 aliphatic carbocycles. The lowest BCUT2D eigenvalue weighted by Crippen LogP contribution is -2.28. The minimum Gasteiger partial charge on any atom is -0.549 e. The molecule has 12 heavy (non-hydrogen) atoms. The fourth-order valence-electron chi connectivity index (χ4n) is 1.03. The van der Waals surface area contributed by atoms with Crippen LogP contribution in [0, 0.1) is 0 Å². The minimum absolute atomic E-state index is 0.701. The smallest absolute Gasteiger partial charge is 0.0527 e. The average Bonchev–Trinajstić information content (AvgIpc) is 2.07. The van der Waals surface area contributed by atoms with Crippen LogP contribution in [0.1, 0.15) is 11.5 Å². The van der Waals surface area contributed by atoms with Gasteiger partial charge >= 0.3 is 0 Å². The molecule has 2 nitrogen and oxygen atoms in total. The van der Waals surface area contributed by atoms with Crippen molar-refractivity contribution >= 4 is 5.97 Å². The van der Waals surface area contributed by atoms with Gasteiger partial charge in [-0.1, -0.05) is 36.4 Å². The number of aliphatic carboxylic acids is 1. The predicted molar refractivity (Wildman–Crippen MR) is 44.4 cm³/mol. The van der Waals surface area contributed by atoms with Gasteiger partial charge < -0.3 is 9.90 Å². The summed E-state index contributed by atoms with van der Waals surface area (Å²) in [6.45, 7) is 3.44. The number of hydrogen-bond donors (Lipinski definition) is 0. The first-order valence-electron chi connectivity index (χ1n) is 3.64. The van der Waals surface area contributed by atoms with Gasteiger partial charge in [0.05, 0.1) is 5.97 Å². The fraction of sp³-hybridized carbons (Fsp3) is 0.100. The van der Waals surface area contributed by atoms with Crippen LogP contribution in [0.25, 0.3) is 0 Å². The summed E-state index contributed by atoms with van der Waals surface area (Å²) in [5.41, 5.74) is 0.701. The number of benzene rings is 1. The zero-order valence-corrected chi connectivity index (χ0v) is 6.57. The van der Waals surface area contributed by atoms with E-state index in [1.54, 1.807) is 24.3 Å². The van der Waals surface area contributed by atoms with Crippen LogP contribution in [-0.2, 0) is 4.79 Å². The highest BCUT2D eigenvalue weighted by Gasteiger charge is 2.06. The number of carbonyl (C=O) groups excluding carboxylic acids is 1. The first-order chi connectivity index (χ1) is 5.75. The Kier molecular flexibility index (Phi) is 2.64. The lowest BCUT2D eigenvalue weighted by atomic mass is 10.00. The maximum absolute atomic E-state index is 10.5. The minimum atomic E-state index is -1.11. The Bertz CT molecular complexity index is 277. The van der Waals surface area contributed by atoms with E-state index >= 15 is 0 Å². The molecule has 1 unspecified atom stereocenters. The zero-order valence-electron chi connectivity index (χ0n) is 6.57. The topological polar surface area (TPSA) is 40.1 Å². The van der Waals surface area contributed by atoms with E-state index in [0.717, 1.165) is 0 Å². The molecule has 0 aliphatic heterocycles. The SMILES string of the molecule is C=CC(C(=O)[O-])c1ccccc1. The molecule has 2 heteroatoms. The Balaban J connectivity index is 2.95. The largest absolute Gasteiger partial charge is 0.549 e. The first kappa shape index (κ1) is 8.53. The third kappa shape index (κ3) is 1.72. The second kappa shape index (κ2) is 3.72. The van der Waals surface area contributed by atoms with E-state index < -0.39 is 11.9 Å². The second-order valence-electron chi connectivity index (χ2n) is 2.44. The lowest BCUT2D eigenvalue weighted by molar-refractivity contribution is -0.306. The maximum Gasteiger partial charge on any atom is 0.0527 e. The molecule has 0 amide bonds. The van der Waals surface area contributed by atoms with Gasteiger partial charge in [-0.15, -0.1) is 6.58 Å². The molecular formula is C10H9O2-. The average molecular weight is 161 g/mol. The Morgan fingerprint density at radius 2 is 2.00 bits per heavy atom. The van der Waals surface area contributed by atoms with Crippen molar-refractivity contribution < 1.29 is 9.90 Å². The van der Waals surface area contributed by atoms with Gasteiger partial charge in [-0.3, -0.25) is 0 Å². The summed E-state index contributed by atoms with van der Waals surface area (Å²) >= 11 is 0. The molecule has 0 radical (unpaired) electrons. The van der Waals surface area contributed by atoms with Crippen LogP contribution < -0.4 is 5.11 Å². The number of rotatable bonds is 3. The van der Waals surface area contributed by atoms with E-state index in [4.69, 9.17) is 0 Å². The van der Waals surface area contributed by atoms with Crippen LogP contribution in [0.3, 0.4) is 0 Å². The van der Waals surface area contributed by atoms with Crippen LogP contribution in [0.4, 0.5) is 0 Å². The molecule has 0 spiro atoms. The molecule has 0 N–H and O–H groups in total. The van der Waals surface area contributed by atoms with Crippen molar-refractivity contribution in [2.24, 2.45) is 0 Å². The standard InChI is InChI=1S/C10H10O2/c1-2-9(10(11)12)8-6-4-3-5-7-8/h2-7,9H,1H2,(H,11,12)/p-1. The van der Waals surface area contributed by atoms with Gasteiger partial charge in [0, 0.05) is 5.92 Å². The summed E-state index contributed by atoms with van der Waals surface area (Å²) in [4.78, 5) is 10.5. The van der Waals surface area contributed by atoms with E-state index in [0.29, 0.717) is 5.56 Å². The van der Waals surface area contributed by atoms with Crippen molar-refractivity contribution in [2.75, 3.05) is 0 Å². The van der Waals surface area contributed by atoms with Crippen LogP contribution in [0.15, 0.2) is 43.0 Å². The number of carboxylic acid groups (broad SMARTS) is 1. The molecule has 1 rings (SSSR count). The number of carbonyl (C=O) groups is 1. The van der Waals surface area contributed by atoms with Gasteiger partial charge in [0.25, 0.3) is 0 Å². The van der Waals surface area contributed by atoms with Gasteiger partial charge in [-0.25, -0.2) is 0 Å². The van der Waals surface area contributed by atoms with Crippen molar-refractivity contribution in [1.82, 2.24) is 0 Å². The highest BCUT2D eigenvalue weighted by molar-refractivity contribution is 5.76. The van der Waals surface area contributed by atoms with E-state index in [1.165, 1.54) is 6.08 Å². The summed E-state index contributed by atoms with van der Waals surface area (Å²) < 4.78 is 0. The van der Waals surface area contributed by atoms with Crippen molar-refractivity contribution in [3.8, 4) is 0 Å². The second-order valence-corrected chi connectivity index (χ2v) is 2.44. The Morgan fingerprint density at radius 1 is 1.42 bits per heavy atom.